The predicted octanol–water partition coefficient (Wildman–Crippen LogP) is -0.0956. The Morgan fingerprint density at radius 1 is 1.38 bits per heavy atom. The van der Waals surface area contributed by atoms with Crippen molar-refractivity contribution < 1.29 is 5.11 Å². The lowest BCUT2D eigenvalue weighted by atomic mass is 10.2. The summed E-state index contributed by atoms with van der Waals surface area (Å²) in [6, 6.07) is 7.07. The molecule has 5 heteroatoms. The van der Waals surface area contributed by atoms with Crippen molar-refractivity contribution in [1.82, 2.24) is 14.8 Å². The Morgan fingerprint density at radius 2 is 2.12 bits per heavy atom. The van der Waals surface area contributed by atoms with Gasteiger partial charge in [0.05, 0.1) is 5.69 Å². The van der Waals surface area contributed by atoms with Crippen LogP contribution in [0, 0.1) is 11.8 Å². The summed E-state index contributed by atoms with van der Waals surface area (Å²) >= 11 is 0. The minimum Gasteiger partial charge on any atom is -0.384 e. The Morgan fingerprint density at radius 3 is 2.69 bits per heavy atom. The largest absolute Gasteiger partial charge is 0.384 e. The van der Waals surface area contributed by atoms with E-state index >= 15 is 0 Å². The molecule has 2 N–H and O–H groups in total. The zero-order valence-electron chi connectivity index (χ0n) is 8.34. The first-order chi connectivity index (χ1) is 7.81. The van der Waals surface area contributed by atoms with Crippen LogP contribution in [0.4, 0.5) is 0 Å². The van der Waals surface area contributed by atoms with Crippen LogP contribution in [-0.2, 0) is 0 Å². The summed E-state index contributed by atoms with van der Waals surface area (Å²) in [7, 11) is 0. The van der Waals surface area contributed by atoms with Crippen molar-refractivity contribution >= 4 is 0 Å². The molecule has 0 saturated heterocycles. The lowest BCUT2D eigenvalue weighted by molar-refractivity contribution is 0.350. The van der Waals surface area contributed by atoms with Gasteiger partial charge in [-0.25, -0.2) is 14.5 Å². The van der Waals surface area contributed by atoms with Crippen molar-refractivity contribution in [3.05, 3.63) is 46.6 Å². The molecule has 80 valence electrons. The Balaban J connectivity index is 2.33. The first kappa shape index (κ1) is 10.2. The molecule has 0 aliphatic carbocycles. The van der Waals surface area contributed by atoms with E-state index in [9.17, 15) is 4.79 Å². The van der Waals surface area contributed by atoms with E-state index in [2.05, 4.69) is 22.0 Å². The van der Waals surface area contributed by atoms with Gasteiger partial charge in [0.1, 0.15) is 12.9 Å². The monoisotopic (exact) mass is 215 g/mol. The van der Waals surface area contributed by atoms with Gasteiger partial charge in [-0.2, -0.15) is 5.10 Å². The van der Waals surface area contributed by atoms with Crippen LogP contribution in [0.5, 0.6) is 0 Å². The molecule has 0 bridgehead atoms. The molecule has 1 heterocycles. The van der Waals surface area contributed by atoms with E-state index in [1.54, 1.807) is 24.3 Å². The van der Waals surface area contributed by atoms with E-state index in [-0.39, 0.29) is 12.3 Å². The second kappa shape index (κ2) is 4.47. The summed E-state index contributed by atoms with van der Waals surface area (Å²) in [5.74, 6) is 5.32. The molecule has 1 aromatic heterocycles. The molecule has 0 saturated carbocycles. The van der Waals surface area contributed by atoms with Crippen LogP contribution in [-0.4, -0.2) is 26.5 Å². The number of aromatic amines is 1. The molecule has 0 fully saturated rings. The first-order valence-electron chi connectivity index (χ1n) is 4.63. The van der Waals surface area contributed by atoms with Crippen LogP contribution in [0.1, 0.15) is 5.56 Å². The van der Waals surface area contributed by atoms with Gasteiger partial charge in [-0.15, -0.1) is 0 Å². The van der Waals surface area contributed by atoms with Crippen molar-refractivity contribution in [2.45, 2.75) is 0 Å². The molecular weight excluding hydrogens is 206 g/mol. The molecule has 0 aliphatic heterocycles. The van der Waals surface area contributed by atoms with E-state index in [1.807, 2.05) is 0 Å². The summed E-state index contributed by atoms with van der Waals surface area (Å²) in [4.78, 5) is 11.3. The molecule has 1 aromatic carbocycles. The molecule has 2 rings (SSSR count). The van der Waals surface area contributed by atoms with Gasteiger partial charge in [0.2, 0.25) is 0 Å². The number of aliphatic hydroxyl groups is 1. The Labute approximate surface area is 91.4 Å². The molecule has 2 aromatic rings. The second-order valence-corrected chi connectivity index (χ2v) is 3.04. The van der Waals surface area contributed by atoms with Gasteiger partial charge in [0, 0.05) is 5.56 Å². The quantitative estimate of drug-likeness (QED) is 0.653. The van der Waals surface area contributed by atoms with Crippen LogP contribution in [0.15, 0.2) is 35.4 Å². The van der Waals surface area contributed by atoms with Gasteiger partial charge in [-0.05, 0) is 24.3 Å². The second-order valence-electron chi connectivity index (χ2n) is 3.04. The standard InChI is InChI=1S/C11H9N3O2/c15-7-1-2-9-3-5-10(6-4-9)14-8-12-13-11(14)16/h3-6,8,15H,7H2,(H,13,16). The molecule has 16 heavy (non-hydrogen) atoms. The summed E-state index contributed by atoms with van der Waals surface area (Å²) in [6.45, 7) is -0.164. The highest BCUT2D eigenvalue weighted by Crippen LogP contribution is 2.05. The number of nitrogens with one attached hydrogen (secondary N) is 1. The van der Waals surface area contributed by atoms with Crippen molar-refractivity contribution in [2.75, 3.05) is 6.61 Å². The highest BCUT2D eigenvalue weighted by Gasteiger charge is 1.99. The van der Waals surface area contributed by atoms with Crippen LogP contribution in [0.25, 0.3) is 5.69 Å². The third-order valence-electron chi connectivity index (χ3n) is 2.01. The summed E-state index contributed by atoms with van der Waals surface area (Å²) in [5, 5.41) is 14.5. The number of hydrogen-bond acceptors (Lipinski definition) is 3. The fraction of sp³-hybridized carbons (Fsp3) is 0.0909. The molecule has 0 aliphatic rings. The van der Waals surface area contributed by atoms with Gasteiger partial charge in [-0.1, -0.05) is 11.8 Å². The maximum Gasteiger partial charge on any atom is 0.347 e. The van der Waals surface area contributed by atoms with Crippen molar-refractivity contribution in [1.29, 1.82) is 0 Å². The number of aromatic nitrogens is 3. The lowest BCUT2D eigenvalue weighted by Crippen LogP contribution is -2.13. The predicted molar refractivity (Wildman–Crippen MR) is 58.1 cm³/mol. The van der Waals surface area contributed by atoms with Crippen molar-refractivity contribution in [2.24, 2.45) is 0 Å². The minimum atomic E-state index is -0.283. The third-order valence-corrected chi connectivity index (χ3v) is 2.01. The van der Waals surface area contributed by atoms with Crippen LogP contribution in [0.3, 0.4) is 0 Å². The van der Waals surface area contributed by atoms with Gasteiger partial charge < -0.3 is 5.11 Å². The Bertz CT molecular complexity index is 584. The number of aliphatic hydroxyl groups excluding tert-OH is 1. The third kappa shape index (κ3) is 2.02. The van der Waals surface area contributed by atoms with Gasteiger partial charge >= 0.3 is 5.69 Å². The summed E-state index contributed by atoms with van der Waals surface area (Å²) < 4.78 is 1.39. The average molecular weight is 215 g/mol. The van der Waals surface area contributed by atoms with Crippen LogP contribution >= 0.6 is 0 Å². The first-order valence-corrected chi connectivity index (χ1v) is 4.63. The maximum atomic E-state index is 11.3. The summed E-state index contributed by atoms with van der Waals surface area (Å²) in [6.07, 6.45) is 1.41. The minimum absolute atomic E-state index is 0.164. The fourth-order valence-electron chi connectivity index (χ4n) is 1.28. The van der Waals surface area contributed by atoms with E-state index in [1.165, 1.54) is 10.9 Å². The number of rotatable bonds is 1. The number of H-pyrrole nitrogens is 1. The zero-order chi connectivity index (χ0) is 11.4. The zero-order valence-corrected chi connectivity index (χ0v) is 8.34. The number of nitrogens with zero attached hydrogens (tertiary/aromatic N) is 2. The molecule has 5 nitrogen and oxygen atoms in total. The Hall–Kier alpha value is -2.32. The van der Waals surface area contributed by atoms with Gasteiger partial charge in [0.25, 0.3) is 0 Å². The van der Waals surface area contributed by atoms with Crippen LogP contribution in [0.2, 0.25) is 0 Å². The maximum absolute atomic E-state index is 11.3. The SMILES string of the molecule is O=c1[nH]ncn1-c1ccc(C#CCO)cc1. The van der Waals surface area contributed by atoms with Crippen molar-refractivity contribution in [3.63, 3.8) is 0 Å². The molecular formula is C11H9N3O2. The normalized spacial score (nSPS) is 9.56. The highest BCUT2D eigenvalue weighted by molar-refractivity contribution is 5.41. The van der Waals surface area contributed by atoms with Gasteiger partial charge in [0.15, 0.2) is 0 Å². The lowest BCUT2D eigenvalue weighted by Gasteiger charge is -1.99. The van der Waals surface area contributed by atoms with Crippen molar-refractivity contribution in [3.8, 4) is 17.5 Å². The Kier molecular flexibility index (Phi) is 2.85. The molecule has 0 atom stereocenters. The summed E-state index contributed by atoms with van der Waals surface area (Å²) in [5.41, 5.74) is 1.22. The van der Waals surface area contributed by atoms with Crippen LogP contribution < -0.4 is 5.69 Å². The van der Waals surface area contributed by atoms with Gasteiger partial charge in [-0.3, -0.25) is 0 Å². The average Bonchev–Trinajstić information content (AvgIpc) is 2.74. The molecule has 0 unspecified atom stereocenters. The van der Waals surface area contributed by atoms with E-state index in [4.69, 9.17) is 5.11 Å². The molecule has 0 spiro atoms. The van der Waals surface area contributed by atoms with E-state index in [0.717, 1.165) is 5.56 Å². The highest BCUT2D eigenvalue weighted by atomic mass is 16.2. The number of hydrogen-bond donors (Lipinski definition) is 2. The molecule has 0 amide bonds. The van der Waals surface area contributed by atoms with E-state index < -0.39 is 0 Å². The molecule has 0 radical (unpaired) electrons. The number of benzene rings is 1. The van der Waals surface area contributed by atoms with E-state index in [0.29, 0.717) is 5.69 Å². The topological polar surface area (TPSA) is 70.9 Å². The fourth-order valence-corrected chi connectivity index (χ4v) is 1.28. The smallest absolute Gasteiger partial charge is 0.347 e.